The van der Waals surface area contributed by atoms with Gasteiger partial charge in [-0.2, -0.15) is 0 Å². The Labute approximate surface area is 101 Å². The number of piperidine rings is 1. The van der Waals surface area contributed by atoms with Crippen LogP contribution in [-0.2, 0) is 0 Å². The average molecular weight is 224 g/mol. The van der Waals surface area contributed by atoms with Crippen LogP contribution >= 0.6 is 0 Å². The van der Waals surface area contributed by atoms with Crippen molar-refractivity contribution >= 4 is 0 Å². The molecule has 0 aromatic heterocycles. The van der Waals surface area contributed by atoms with Gasteiger partial charge in [-0.25, -0.2) is 0 Å². The minimum atomic E-state index is 0.541. The highest BCUT2D eigenvalue weighted by Crippen LogP contribution is 2.68. The fourth-order valence-electron chi connectivity index (χ4n) is 3.50. The smallest absolute Gasteiger partial charge is 0.0192 e. The van der Waals surface area contributed by atoms with E-state index in [1.54, 1.807) is 0 Å². The molecule has 1 N–H and O–H groups in total. The maximum absolute atomic E-state index is 3.43. The van der Waals surface area contributed by atoms with Gasteiger partial charge in [-0.1, -0.05) is 27.7 Å². The number of nitrogens with one attached hydrogen (secondary N) is 1. The van der Waals surface area contributed by atoms with Gasteiger partial charge in [0.25, 0.3) is 0 Å². The molecule has 0 spiro atoms. The minimum Gasteiger partial charge on any atom is -0.316 e. The fourth-order valence-corrected chi connectivity index (χ4v) is 3.50. The molecular formula is C14H28N2. The van der Waals surface area contributed by atoms with Crippen LogP contribution in [0.4, 0.5) is 0 Å². The van der Waals surface area contributed by atoms with E-state index in [2.05, 4.69) is 45.0 Å². The molecule has 1 aliphatic carbocycles. The third kappa shape index (κ3) is 1.91. The van der Waals surface area contributed by atoms with E-state index in [0.29, 0.717) is 10.8 Å². The zero-order valence-electron chi connectivity index (χ0n) is 11.6. The highest BCUT2D eigenvalue weighted by atomic mass is 15.2. The maximum Gasteiger partial charge on any atom is 0.0192 e. The van der Waals surface area contributed by atoms with Gasteiger partial charge in [0.05, 0.1) is 0 Å². The van der Waals surface area contributed by atoms with Gasteiger partial charge in [0, 0.05) is 19.1 Å². The quantitative estimate of drug-likeness (QED) is 0.791. The molecule has 1 heterocycles. The molecule has 2 aliphatic rings. The van der Waals surface area contributed by atoms with Crippen molar-refractivity contribution in [2.45, 2.75) is 46.6 Å². The molecule has 0 aromatic rings. The van der Waals surface area contributed by atoms with E-state index >= 15 is 0 Å². The van der Waals surface area contributed by atoms with Gasteiger partial charge in [0.2, 0.25) is 0 Å². The molecule has 2 rings (SSSR count). The summed E-state index contributed by atoms with van der Waals surface area (Å²) in [5.74, 6) is 0.885. The molecule has 1 saturated carbocycles. The van der Waals surface area contributed by atoms with Crippen molar-refractivity contribution in [1.82, 2.24) is 10.2 Å². The molecule has 2 fully saturated rings. The molecule has 2 nitrogen and oxygen atoms in total. The van der Waals surface area contributed by atoms with Crippen molar-refractivity contribution in [2.75, 3.05) is 26.7 Å². The minimum absolute atomic E-state index is 0.541. The third-order valence-electron chi connectivity index (χ3n) is 5.67. The monoisotopic (exact) mass is 224 g/mol. The zero-order chi connectivity index (χ0) is 12.0. The normalized spacial score (nSPS) is 33.9. The average Bonchev–Trinajstić information content (AvgIpc) is 2.61. The Bertz CT molecular complexity index is 243. The summed E-state index contributed by atoms with van der Waals surface area (Å²) in [4.78, 5) is 2.67. The topological polar surface area (TPSA) is 15.3 Å². The van der Waals surface area contributed by atoms with E-state index in [9.17, 15) is 0 Å². The molecule has 0 radical (unpaired) electrons. The molecule has 1 saturated heterocycles. The Balaban J connectivity index is 1.87. The SMILES string of the molecule is CNC1CCCN(CC2C(C)(C)C2(C)C)C1. The van der Waals surface area contributed by atoms with Crippen LogP contribution in [0.5, 0.6) is 0 Å². The van der Waals surface area contributed by atoms with Crippen LogP contribution in [0.2, 0.25) is 0 Å². The van der Waals surface area contributed by atoms with Crippen molar-refractivity contribution in [1.29, 1.82) is 0 Å². The lowest BCUT2D eigenvalue weighted by molar-refractivity contribution is 0.178. The van der Waals surface area contributed by atoms with E-state index in [4.69, 9.17) is 0 Å². The fraction of sp³-hybridized carbons (Fsp3) is 1.00. The van der Waals surface area contributed by atoms with Gasteiger partial charge < -0.3 is 10.2 Å². The lowest BCUT2D eigenvalue weighted by atomic mass is 10.0. The largest absolute Gasteiger partial charge is 0.316 e. The van der Waals surface area contributed by atoms with Crippen LogP contribution in [0.25, 0.3) is 0 Å². The summed E-state index contributed by atoms with van der Waals surface area (Å²) in [5, 5.41) is 3.43. The standard InChI is InChI=1S/C14H28N2/c1-13(2)12(14(13,3)4)10-16-8-6-7-11(9-16)15-5/h11-12,15H,6-10H2,1-5H3. The van der Waals surface area contributed by atoms with Crippen molar-refractivity contribution in [3.05, 3.63) is 0 Å². The Morgan fingerprint density at radius 1 is 1.19 bits per heavy atom. The summed E-state index contributed by atoms with van der Waals surface area (Å²) in [7, 11) is 2.10. The highest BCUT2D eigenvalue weighted by molar-refractivity contribution is 5.13. The van der Waals surface area contributed by atoms with Crippen LogP contribution in [-0.4, -0.2) is 37.6 Å². The molecule has 1 atom stereocenters. The number of nitrogens with zero attached hydrogens (tertiary/aromatic N) is 1. The van der Waals surface area contributed by atoms with Gasteiger partial charge >= 0.3 is 0 Å². The van der Waals surface area contributed by atoms with E-state index in [1.807, 2.05) is 0 Å². The van der Waals surface area contributed by atoms with E-state index in [1.165, 1.54) is 32.5 Å². The first-order valence-corrected chi connectivity index (χ1v) is 6.79. The number of likely N-dealkylation sites (N-methyl/N-ethyl adjacent to an activating group) is 1. The first-order valence-electron chi connectivity index (χ1n) is 6.79. The van der Waals surface area contributed by atoms with Gasteiger partial charge in [-0.05, 0) is 43.2 Å². The second kappa shape index (κ2) is 3.99. The second-order valence-corrected chi connectivity index (χ2v) is 6.88. The number of hydrogen-bond donors (Lipinski definition) is 1. The van der Waals surface area contributed by atoms with E-state index in [-0.39, 0.29) is 0 Å². The molecule has 0 bridgehead atoms. The summed E-state index contributed by atoms with van der Waals surface area (Å²) in [6, 6.07) is 0.721. The van der Waals surface area contributed by atoms with E-state index < -0.39 is 0 Å². The Hall–Kier alpha value is -0.0800. The van der Waals surface area contributed by atoms with Gasteiger partial charge in [-0.15, -0.1) is 0 Å². The van der Waals surface area contributed by atoms with E-state index in [0.717, 1.165) is 12.0 Å². The Morgan fingerprint density at radius 2 is 1.81 bits per heavy atom. The van der Waals surface area contributed by atoms with Gasteiger partial charge in [0.15, 0.2) is 0 Å². The molecule has 1 aliphatic heterocycles. The van der Waals surface area contributed by atoms with Crippen LogP contribution in [0.3, 0.4) is 0 Å². The third-order valence-corrected chi connectivity index (χ3v) is 5.67. The first-order chi connectivity index (χ1) is 7.39. The highest BCUT2D eigenvalue weighted by Gasteiger charge is 2.64. The molecule has 2 heteroatoms. The first kappa shape index (κ1) is 12.4. The lowest BCUT2D eigenvalue weighted by Gasteiger charge is -2.33. The maximum atomic E-state index is 3.43. The van der Waals surface area contributed by atoms with Crippen molar-refractivity contribution in [3.63, 3.8) is 0 Å². The summed E-state index contributed by atoms with van der Waals surface area (Å²) in [6.07, 6.45) is 2.71. The summed E-state index contributed by atoms with van der Waals surface area (Å²) in [6.45, 7) is 13.6. The number of likely N-dealkylation sites (tertiary alicyclic amines) is 1. The van der Waals surface area contributed by atoms with Crippen molar-refractivity contribution in [2.24, 2.45) is 16.7 Å². The summed E-state index contributed by atoms with van der Waals surface area (Å²) >= 11 is 0. The lowest BCUT2D eigenvalue weighted by Crippen LogP contribution is -2.45. The molecule has 94 valence electrons. The molecule has 0 amide bonds. The Morgan fingerprint density at radius 3 is 2.31 bits per heavy atom. The van der Waals surface area contributed by atoms with Gasteiger partial charge in [-0.3, -0.25) is 0 Å². The van der Waals surface area contributed by atoms with Crippen LogP contribution in [0.1, 0.15) is 40.5 Å². The summed E-state index contributed by atoms with van der Waals surface area (Å²) in [5.41, 5.74) is 1.08. The van der Waals surface area contributed by atoms with Crippen LogP contribution < -0.4 is 5.32 Å². The van der Waals surface area contributed by atoms with Crippen molar-refractivity contribution < 1.29 is 0 Å². The predicted molar refractivity (Wildman–Crippen MR) is 69.6 cm³/mol. The summed E-state index contributed by atoms with van der Waals surface area (Å²) < 4.78 is 0. The predicted octanol–water partition coefficient (Wildman–Crippen LogP) is 2.35. The van der Waals surface area contributed by atoms with Crippen molar-refractivity contribution in [3.8, 4) is 0 Å². The Kier molecular flexibility index (Phi) is 3.09. The zero-order valence-corrected chi connectivity index (χ0v) is 11.6. The number of hydrogen-bond acceptors (Lipinski definition) is 2. The van der Waals surface area contributed by atoms with Crippen LogP contribution in [0.15, 0.2) is 0 Å². The van der Waals surface area contributed by atoms with Gasteiger partial charge in [0.1, 0.15) is 0 Å². The molecule has 16 heavy (non-hydrogen) atoms. The second-order valence-electron chi connectivity index (χ2n) is 6.88. The number of rotatable bonds is 3. The molecule has 1 unspecified atom stereocenters. The van der Waals surface area contributed by atoms with Crippen LogP contribution in [0, 0.1) is 16.7 Å². The molecule has 0 aromatic carbocycles. The molecular weight excluding hydrogens is 196 g/mol.